The molecule has 1 aliphatic carbocycles. The molecule has 124 valence electrons. The van der Waals surface area contributed by atoms with Gasteiger partial charge in [0, 0.05) is 23.7 Å². The van der Waals surface area contributed by atoms with Crippen LogP contribution >= 0.6 is 15.9 Å². The van der Waals surface area contributed by atoms with Crippen LogP contribution in [0.3, 0.4) is 0 Å². The number of rotatable bonds is 4. The molecule has 2 atom stereocenters. The molecule has 23 heavy (non-hydrogen) atoms. The predicted octanol–water partition coefficient (Wildman–Crippen LogP) is 4.95. The van der Waals surface area contributed by atoms with Gasteiger partial charge in [0.1, 0.15) is 5.75 Å². The predicted molar refractivity (Wildman–Crippen MR) is 99.2 cm³/mol. The molecular weight excluding hydrogens is 352 g/mol. The van der Waals surface area contributed by atoms with Crippen LogP contribution in [0.2, 0.25) is 0 Å². The molecule has 1 heterocycles. The van der Waals surface area contributed by atoms with Crippen molar-refractivity contribution in [2.24, 2.45) is 10.7 Å². The zero-order chi connectivity index (χ0) is 16.4. The lowest BCUT2D eigenvalue weighted by Gasteiger charge is -2.25. The molecule has 3 rings (SSSR count). The van der Waals surface area contributed by atoms with Crippen LogP contribution in [-0.4, -0.2) is 17.9 Å². The first-order valence-electron chi connectivity index (χ1n) is 8.49. The van der Waals surface area contributed by atoms with E-state index in [1.54, 1.807) is 0 Å². The van der Waals surface area contributed by atoms with Crippen molar-refractivity contribution in [3.63, 3.8) is 0 Å². The molecule has 4 heteroatoms. The third-order valence-corrected chi connectivity index (χ3v) is 5.48. The summed E-state index contributed by atoms with van der Waals surface area (Å²) in [5, 5.41) is 0. The Morgan fingerprint density at radius 1 is 1.30 bits per heavy atom. The number of aliphatic imine (C=N–C) groups is 1. The zero-order valence-electron chi connectivity index (χ0n) is 13.9. The van der Waals surface area contributed by atoms with E-state index in [0.717, 1.165) is 28.1 Å². The lowest BCUT2D eigenvalue weighted by Crippen LogP contribution is -2.22. The van der Waals surface area contributed by atoms with E-state index in [1.807, 2.05) is 13.0 Å². The first-order valence-corrected chi connectivity index (χ1v) is 9.29. The van der Waals surface area contributed by atoms with Crippen molar-refractivity contribution < 1.29 is 4.74 Å². The molecule has 1 aliphatic heterocycles. The van der Waals surface area contributed by atoms with Gasteiger partial charge in [-0.05, 0) is 72.3 Å². The summed E-state index contributed by atoms with van der Waals surface area (Å²) in [7, 11) is 0. The maximum absolute atomic E-state index is 6.12. The topological polar surface area (TPSA) is 47.6 Å². The van der Waals surface area contributed by atoms with Crippen molar-refractivity contribution in [2.45, 2.75) is 64.0 Å². The van der Waals surface area contributed by atoms with Gasteiger partial charge in [-0.1, -0.05) is 13.0 Å². The van der Waals surface area contributed by atoms with Crippen molar-refractivity contribution in [1.29, 1.82) is 0 Å². The molecular formula is C19H25BrN2O. The monoisotopic (exact) mass is 376 g/mol. The van der Waals surface area contributed by atoms with Crippen LogP contribution in [0.1, 0.15) is 57.4 Å². The van der Waals surface area contributed by atoms with Crippen molar-refractivity contribution in [3.8, 4) is 5.75 Å². The van der Waals surface area contributed by atoms with Crippen molar-refractivity contribution >= 4 is 21.6 Å². The number of nitrogens with two attached hydrogens (primary N) is 1. The van der Waals surface area contributed by atoms with E-state index in [2.05, 4.69) is 41.1 Å². The van der Waals surface area contributed by atoms with E-state index in [1.165, 1.54) is 31.2 Å². The van der Waals surface area contributed by atoms with Crippen LogP contribution in [0, 0.1) is 0 Å². The Hall–Kier alpha value is -1.29. The van der Waals surface area contributed by atoms with E-state index in [0.29, 0.717) is 12.0 Å². The summed E-state index contributed by atoms with van der Waals surface area (Å²) in [5.74, 6) is 1.28. The molecule has 0 aromatic heterocycles. The molecule has 0 amide bonds. The van der Waals surface area contributed by atoms with Gasteiger partial charge in [0.25, 0.3) is 0 Å². The number of allylic oxidation sites excluding steroid dienone is 1. The van der Waals surface area contributed by atoms with E-state index < -0.39 is 0 Å². The Balaban J connectivity index is 1.73. The molecule has 2 unspecified atom stereocenters. The van der Waals surface area contributed by atoms with Crippen LogP contribution in [-0.2, 0) is 0 Å². The average molecular weight is 377 g/mol. The first kappa shape index (κ1) is 16.6. The zero-order valence-corrected chi connectivity index (χ0v) is 15.5. The lowest BCUT2D eigenvalue weighted by molar-refractivity contribution is 0.208. The number of hydrogen-bond acceptors (Lipinski definition) is 3. The Morgan fingerprint density at radius 2 is 2.04 bits per heavy atom. The van der Waals surface area contributed by atoms with Crippen LogP contribution in [0.25, 0.3) is 0 Å². The summed E-state index contributed by atoms with van der Waals surface area (Å²) in [6, 6.07) is 6.65. The number of hydrogen-bond donors (Lipinski definition) is 1. The Kier molecular flexibility index (Phi) is 5.10. The Bertz CT molecular complexity index is 632. The minimum atomic E-state index is 0.216. The van der Waals surface area contributed by atoms with Crippen molar-refractivity contribution in [1.82, 2.24) is 0 Å². The fourth-order valence-corrected chi connectivity index (χ4v) is 4.00. The van der Waals surface area contributed by atoms with Gasteiger partial charge in [-0.3, -0.25) is 4.99 Å². The second-order valence-electron chi connectivity index (χ2n) is 6.76. The minimum absolute atomic E-state index is 0.216. The molecule has 0 saturated heterocycles. The number of nitrogens with zero attached hydrogens (tertiary/aromatic N) is 1. The second kappa shape index (κ2) is 7.08. The van der Waals surface area contributed by atoms with Crippen molar-refractivity contribution in [3.05, 3.63) is 40.0 Å². The van der Waals surface area contributed by atoms with Gasteiger partial charge >= 0.3 is 0 Å². The summed E-state index contributed by atoms with van der Waals surface area (Å²) in [6.45, 7) is 4.24. The van der Waals surface area contributed by atoms with Crippen molar-refractivity contribution in [2.75, 3.05) is 0 Å². The van der Waals surface area contributed by atoms with Gasteiger partial charge in [0.15, 0.2) is 0 Å². The molecule has 0 bridgehead atoms. The normalized spacial score (nSPS) is 23.3. The molecule has 1 aromatic carbocycles. The second-order valence-corrected chi connectivity index (χ2v) is 7.62. The quantitative estimate of drug-likeness (QED) is 0.807. The first-order chi connectivity index (χ1) is 11.0. The molecule has 1 saturated carbocycles. The highest BCUT2D eigenvalue weighted by atomic mass is 79.9. The summed E-state index contributed by atoms with van der Waals surface area (Å²) in [6.07, 6.45) is 8.09. The number of dihydropyridines is 1. The maximum atomic E-state index is 6.12. The largest absolute Gasteiger partial charge is 0.489 e. The van der Waals surface area contributed by atoms with E-state index in [-0.39, 0.29) is 6.04 Å². The molecule has 0 spiro atoms. The SMILES string of the molecule is CC1=NC(C(C)c2ccc(OC3CCCC3)c(Br)c2)CC(N)=C1. The van der Waals surface area contributed by atoms with Crippen LogP contribution in [0.15, 0.2) is 39.4 Å². The van der Waals surface area contributed by atoms with Gasteiger partial charge < -0.3 is 10.5 Å². The Labute approximate surface area is 147 Å². The van der Waals surface area contributed by atoms with Crippen LogP contribution < -0.4 is 10.5 Å². The van der Waals surface area contributed by atoms with Crippen LogP contribution in [0.4, 0.5) is 0 Å². The molecule has 2 N–H and O–H groups in total. The van der Waals surface area contributed by atoms with Gasteiger partial charge in [-0.15, -0.1) is 0 Å². The molecule has 3 nitrogen and oxygen atoms in total. The summed E-state index contributed by atoms with van der Waals surface area (Å²) < 4.78 is 7.15. The highest BCUT2D eigenvalue weighted by Crippen LogP contribution is 2.35. The number of halogens is 1. The third-order valence-electron chi connectivity index (χ3n) is 4.86. The number of benzene rings is 1. The fourth-order valence-electron chi connectivity index (χ4n) is 3.51. The average Bonchev–Trinajstić information content (AvgIpc) is 3.00. The number of ether oxygens (including phenoxy) is 1. The van der Waals surface area contributed by atoms with Crippen LogP contribution in [0.5, 0.6) is 5.75 Å². The van der Waals surface area contributed by atoms with E-state index in [4.69, 9.17) is 15.5 Å². The van der Waals surface area contributed by atoms with Gasteiger partial charge in [0.05, 0.1) is 16.6 Å². The Morgan fingerprint density at radius 3 is 2.70 bits per heavy atom. The summed E-state index contributed by atoms with van der Waals surface area (Å²) in [4.78, 5) is 4.76. The minimum Gasteiger partial charge on any atom is -0.489 e. The molecule has 0 radical (unpaired) electrons. The van der Waals surface area contributed by atoms with Gasteiger partial charge in [-0.25, -0.2) is 0 Å². The fraction of sp³-hybridized carbons (Fsp3) is 0.526. The third kappa shape index (κ3) is 3.97. The van der Waals surface area contributed by atoms with Gasteiger partial charge in [0.2, 0.25) is 0 Å². The standard InChI is InChI=1S/C19H25BrN2O/c1-12-9-15(21)11-18(22-12)13(2)14-7-8-19(17(20)10-14)23-16-5-3-4-6-16/h7-10,13,16,18H,3-6,11,21H2,1-2H3. The summed E-state index contributed by atoms with van der Waals surface area (Å²) in [5.41, 5.74) is 9.24. The van der Waals surface area contributed by atoms with E-state index in [9.17, 15) is 0 Å². The van der Waals surface area contributed by atoms with E-state index >= 15 is 0 Å². The smallest absolute Gasteiger partial charge is 0.133 e. The summed E-state index contributed by atoms with van der Waals surface area (Å²) >= 11 is 3.67. The molecule has 1 aromatic rings. The highest BCUT2D eigenvalue weighted by Gasteiger charge is 2.23. The maximum Gasteiger partial charge on any atom is 0.133 e. The lowest BCUT2D eigenvalue weighted by atomic mass is 9.89. The molecule has 2 aliphatic rings. The molecule has 1 fully saturated rings. The highest BCUT2D eigenvalue weighted by molar-refractivity contribution is 9.10. The van der Waals surface area contributed by atoms with Gasteiger partial charge in [-0.2, -0.15) is 0 Å².